The van der Waals surface area contributed by atoms with Gasteiger partial charge >= 0.3 is 6.03 Å². The van der Waals surface area contributed by atoms with Crippen molar-refractivity contribution in [1.29, 1.82) is 0 Å². The number of anilines is 1. The Morgan fingerprint density at radius 3 is 2.42 bits per heavy atom. The van der Waals surface area contributed by atoms with Crippen molar-refractivity contribution >= 4 is 11.7 Å². The Labute approximate surface area is 115 Å². The zero-order chi connectivity index (χ0) is 14.3. The molecule has 2 amide bonds. The van der Waals surface area contributed by atoms with E-state index in [0.29, 0.717) is 12.3 Å². The van der Waals surface area contributed by atoms with Crippen molar-refractivity contribution in [3.8, 4) is 0 Å². The number of carbonyl (C=O) groups excluding carboxylic acids is 1. The number of aliphatic hydroxyl groups excluding tert-OH is 1. The van der Waals surface area contributed by atoms with E-state index in [0.717, 1.165) is 12.1 Å². The van der Waals surface area contributed by atoms with Crippen molar-refractivity contribution < 1.29 is 9.90 Å². The van der Waals surface area contributed by atoms with Crippen molar-refractivity contribution in [2.75, 3.05) is 11.9 Å². The minimum atomic E-state index is -0.492. The first-order valence-corrected chi connectivity index (χ1v) is 6.83. The fourth-order valence-electron chi connectivity index (χ4n) is 1.84. The summed E-state index contributed by atoms with van der Waals surface area (Å²) in [5, 5.41) is 15.1. The van der Waals surface area contributed by atoms with Gasteiger partial charge in [0.05, 0.1) is 6.10 Å². The first-order chi connectivity index (χ1) is 9.01. The van der Waals surface area contributed by atoms with Crippen molar-refractivity contribution in [3.05, 3.63) is 29.8 Å². The van der Waals surface area contributed by atoms with Gasteiger partial charge in [0, 0.05) is 12.2 Å². The molecule has 3 N–H and O–H groups in total. The minimum absolute atomic E-state index is 0.275. The molecule has 19 heavy (non-hydrogen) atoms. The van der Waals surface area contributed by atoms with Gasteiger partial charge < -0.3 is 15.7 Å². The van der Waals surface area contributed by atoms with E-state index in [9.17, 15) is 9.90 Å². The van der Waals surface area contributed by atoms with Gasteiger partial charge in [-0.15, -0.1) is 0 Å². The van der Waals surface area contributed by atoms with E-state index in [1.807, 2.05) is 38.1 Å². The quantitative estimate of drug-likeness (QED) is 0.740. The fraction of sp³-hybridized carbons (Fsp3) is 0.533. The molecule has 0 aliphatic carbocycles. The van der Waals surface area contributed by atoms with E-state index in [-0.39, 0.29) is 12.6 Å². The topological polar surface area (TPSA) is 61.4 Å². The molecule has 0 saturated carbocycles. The molecule has 1 aromatic carbocycles. The van der Waals surface area contributed by atoms with Crippen LogP contribution in [0.15, 0.2) is 24.3 Å². The van der Waals surface area contributed by atoms with Crippen LogP contribution in [0.5, 0.6) is 0 Å². The molecular weight excluding hydrogens is 240 g/mol. The number of urea groups is 1. The monoisotopic (exact) mass is 264 g/mol. The van der Waals surface area contributed by atoms with Crippen LogP contribution in [0.2, 0.25) is 0 Å². The predicted octanol–water partition coefficient (Wildman–Crippen LogP) is 2.78. The highest BCUT2D eigenvalue weighted by Gasteiger charge is 2.08. The van der Waals surface area contributed by atoms with Gasteiger partial charge in [0.2, 0.25) is 0 Å². The minimum Gasteiger partial charge on any atom is -0.391 e. The summed E-state index contributed by atoms with van der Waals surface area (Å²) >= 11 is 0. The molecule has 1 unspecified atom stereocenters. The molecule has 1 rings (SSSR count). The number of benzene rings is 1. The maximum Gasteiger partial charge on any atom is 0.319 e. The summed E-state index contributed by atoms with van der Waals surface area (Å²) in [5.74, 6) is 0.418. The smallest absolute Gasteiger partial charge is 0.319 e. The Morgan fingerprint density at radius 1 is 1.26 bits per heavy atom. The first kappa shape index (κ1) is 15.5. The third-order valence-corrected chi connectivity index (χ3v) is 2.86. The van der Waals surface area contributed by atoms with E-state index in [1.54, 1.807) is 0 Å². The van der Waals surface area contributed by atoms with Crippen molar-refractivity contribution in [2.45, 2.75) is 39.7 Å². The molecule has 0 aliphatic heterocycles. The summed E-state index contributed by atoms with van der Waals surface area (Å²) in [6.07, 6.45) is 1.17. The van der Waals surface area contributed by atoms with E-state index in [4.69, 9.17) is 0 Å². The third-order valence-electron chi connectivity index (χ3n) is 2.86. The molecular formula is C15H24N2O2. The van der Waals surface area contributed by atoms with Crippen LogP contribution in [0.1, 0.15) is 32.8 Å². The second-order valence-electron chi connectivity index (χ2n) is 5.17. The van der Waals surface area contributed by atoms with Gasteiger partial charge in [-0.25, -0.2) is 4.79 Å². The van der Waals surface area contributed by atoms with E-state index < -0.39 is 6.10 Å². The summed E-state index contributed by atoms with van der Waals surface area (Å²) in [6.45, 7) is 6.44. The molecule has 0 radical (unpaired) electrons. The average Bonchev–Trinajstić information content (AvgIpc) is 2.36. The first-order valence-electron chi connectivity index (χ1n) is 6.83. The number of hydrogen-bond acceptors (Lipinski definition) is 2. The van der Waals surface area contributed by atoms with Crippen molar-refractivity contribution in [3.63, 3.8) is 0 Å². The van der Waals surface area contributed by atoms with E-state index in [2.05, 4.69) is 17.6 Å². The lowest BCUT2D eigenvalue weighted by molar-refractivity contribution is 0.148. The van der Waals surface area contributed by atoms with Crippen LogP contribution in [0.25, 0.3) is 0 Å². The SMILES string of the molecule is CCc1ccc(NC(=O)NCC(O)CC(C)C)cc1. The summed E-state index contributed by atoms with van der Waals surface area (Å²) in [4.78, 5) is 11.6. The highest BCUT2D eigenvalue weighted by Crippen LogP contribution is 2.09. The Hall–Kier alpha value is -1.55. The van der Waals surface area contributed by atoms with Gasteiger partial charge in [-0.3, -0.25) is 0 Å². The van der Waals surface area contributed by atoms with Gasteiger partial charge in [-0.1, -0.05) is 32.9 Å². The molecule has 0 aromatic heterocycles. The molecule has 0 aliphatic rings. The number of aryl methyl sites for hydroxylation is 1. The van der Waals surface area contributed by atoms with Crippen molar-refractivity contribution in [1.82, 2.24) is 5.32 Å². The number of rotatable bonds is 6. The fourth-order valence-corrected chi connectivity index (χ4v) is 1.84. The third kappa shape index (κ3) is 6.25. The second-order valence-corrected chi connectivity index (χ2v) is 5.17. The molecule has 106 valence electrons. The summed E-state index contributed by atoms with van der Waals surface area (Å²) in [7, 11) is 0. The largest absolute Gasteiger partial charge is 0.391 e. The normalized spacial score (nSPS) is 12.3. The maximum absolute atomic E-state index is 11.6. The van der Waals surface area contributed by atoms with Crippen LogP contribution in [0.4, 0.5) is 10.5 Å². The average molecular weight is 264 g/mol. The molecule has 0 fully saturated rings. The Bertz CT molecular complexity index is 388. The molecule has 4 nitrogen and oxygen atoms in total. The predicted molar refractivity (Wildman–Crippen MR) is 78.3 cm³/mol. The Morgan fingerprint density at radius 2 is 1.89 bits per heavy atom. The molecule has 0 spiro atoms. The van der Waals surface area contributed by atoms with E-state index in [1.165, 1.54) is 5.56 Å². The molecule has 1 atom stereocenters. The zero-order valence-electron chi connectivity index (χ0n) is 11.9. The second kappa shape index (κ2) is 7.79. The van der Waals surface area contributed by atoms with Crippen LogP contribution in [0, 0.1) is 5.92 Å². The lowest BCUT2D eigenvalue weighted by Gasteiger charge is -2.14. The van der Waals surface area contributed by atoms with Crippen molar-refractivity contribution in [2.24, 2.45) is 5.92 Å². The number of aliphatic hydroxyl groups is 1. The molecule has 4 heteroatoms. The standard InChI is InChI=1S/C15H24N2O2/c1-4-12-5-7-13(8-6-12)17-15(19)16-10-14(18)9-11(2)3/h5-8,11,14,18H,4,9-10H2,1-3H3,(H2,16,17,19). The van der Waals surface area contributed by atoms with Gasteiger partial charge in [0.15, 0.2) is 0 Å². The number of carbonyl (C=O) groups is 1. The van der Waals surface area contributed by atoms with Gasteiger partial charge in [-0.2, -0.15) is 0 Å². The van der Waals surface area contributed by atoms with Crippen LogP contribution in [0.3, 0.4) is 0 Å². The molecule has 0 bridgehead atoms. The van der Waals surface area contributed by atoms with Gasteiger partial charge in [0.1, 0.15) is 0 Å². The molecule has 0 heterocycles. The van der Waals surface area contributed by atoms with Crippen LogP contribution in [-0.4, -0.2) is 23.8 Å². The van der Waals surface area contributed by atoms with Gasteiger partial charge in [0.25, 0.3) is 0 Å². The molecule has 1 aromatic rings. The van der Waals surface area contributed by atoms with Crippen LogP contribution in [-0.2, 0) is 6.42 Å². The zero-order valence-corrected chi connectivity index (χ0v) is 11.9. The summed E-state index contributed by atoms with van der Waals surface area (Å²) < 4.78 is 0. The Balaban J connectivity index is 2.34. The number of amides is 2. The van der Waals surface area contributed by atoms with E-state index >= 15 is 0 Å². The number of nitrogens with one attached hydrogen (secondary N) is 2. The van der Waals surface area contributed by atoms with Crippen LogP contribution >= 0.6 is 0 Å². The molecule has 0 saturated heterocycles. The van der Waals surface area contributed by atoms with Crippen LogP contribution < -0.4 is 10.6 Å². The number of hydrogen-bond donors (Lipinski definition) is 3. The lowest BCUT2D eigenvalue weighted by atomic mass is 10.1. The highest BCUT2D eigenvalue weighted by molar-refractivity contribution is 5.89. The van der Waals surface area contributed by atoms with Gasteiger partial charge in [-0.05, 0) is 36.5 Å². The lowest BCUT2D eigenvalue weighted by Crippen LogP contribution is -2.35. The highest BCUT2D eigenvalue weighted by atomic mass is 16.3. The summed E-state index contributed by atoms with van der Waals surface area (Å²) in [6, 6.07) is 7.45. The maximum atomic E-state index is 11.6. The summed E-state index contributed by atoms with van der Waals surface area (Å²) in [5.41, 5.74) is 1.99. The Kier molecular flexibility index (Phi) is 6.36.